The number of ether oxygens (including phenoxy) is 1. The van der Waals surface area contributed by atoms with E-state index in [-0.39, 0.29) is 6.04 Å². The molecule has 0 bridgehead atoms. The van der Waals surface area contributed by atoms with E-state index < -0.39 is 11.7 Å². The van der Waals surface area contributed by atoms with Crippen molar-refractivity contribution in [2.24, 2.45) is 0 Å². The molecule has 0 aliphatic rings. The summed E-state index contributed by atoms with van der Waals surface area (Å²) in [5, 5.41) is 4.96. The summed E-state index contributed by atoms with van der Waals surface area (Å²) in [6, 6.07) is 10.0. The summed E-state index contributed by atoms with van der Waals surface area (Å²) < 4.78 is 5.28. The third-order valence-corrected chi connectivity index (χ3v) is 4.22. The van der Waals surface area contributed by atoms with Crippen molar-refractivity contribution in [1.29, 1.82) is 0 Å². The first-order valence-electron chi connectivity index (χ1n) is 7.25. The fourth-order valence-corrected chi connectivity index (χ4v) is 2.99. The van der Waals surface area contributed by atoms with Crippen LogP contribution in [-0.2, 0) is 4.74 Å². The van der Waals surface area contributed by atoms with E-state index in [1.165, 1.54) is 0 Å². The molecule has 1 amide bonds. The summed E-state index contributed by atoms with van der Waals surface area (Å²) in [6.45, 7) is 11.6. The summed E-state index contributed by atoms with van der Waals surface area (Å²) in [6.07, 6.45) is -0.396. The van der Waals surface area contributed by atoms with Gasteiger partial charge < -0.3 is 10.1 Å². The first-order valence-corrected chi connectivity index (χ1v) is 8.13. The molecule has 1 radical (unpaired) electrons. The van der Waals surface area contributed by atoms with Gasteiger partial charge in [0.05, 0.1) is 6.04 Å². The molecule has 1 aromatic heterocycles. The third kappa shape index (κ3) is 4.34. The van der Waals surface area contributed by atoms with Gasteiger partial charge in [0.25, 0.3) is 0 Å². The van der Waals surface area contributed by atoms with Gasteiger partial charge in [-0.3, -0.25) is 0 Å². The zero-order valence-corrected chi connectivity index (χ0v) is 14.3. The Bertz CT molecular complexity index is 655. The number of amides is 1. The van der Waals surface area contributed by atoms with Crippen molar-refractivity contribution in [2.45, 2.75) is 39.3 Å². The van der Waals surface area contributed by atoms with Crippen LogP contribution in [0.2, 0.25) is 0 Å². The monoisotopic (exact) mass is 316 g/mol. The van der Waals surface area contributed by atoms with Gasteiger partial charge in [-0.25, -0.2) is 4.79 Å². The molecule has 1 aromatic carbocycles. The number of rotatable bonds is 3. The number of hydrogen-bond acceptors (Lipinski definition) is 3. The predicted molar refractivity (Wildman–Crippen MR) is 92.0 cm³/mol. The standard InChI is InChI=1S/C18H22NO2S/c1-12-8-6-7-9-15(12)14-10-16(22-11-14)13(2)19-17(20)21-18(3,4)5/h6-11,13H,1H2,2-5H3,(H,19,20)/t13-/m1/s1. The molecule has 2 aromatic rings. The Morgan fingerprint density at radius 1 is 1.32 bits per heavy atom. The van der Waals surface area contributed by atoms with Gasteiger partial charge in [-0.2, -0.15) is 0 Å². The van der Waals surface area contributed by atoms with Crippen LogP contribution in [0.3, 0.4) is 0 Å². The van der Waals surface area contributed by atoms with E-state index in [0.29, 0.717) is 0 Å². The van der Waals surface area contributed by atoms with Crippen molar-refractivity contribution < 1.29 is 9.53 Å². The lowest BCUT2D eigenvalue weighted by Crippen LogP contribution is -2.33. The van der Waals surface area contributed by atoms with Crippen molar-refractivity contribution in [3.8, 4) is 11.1 Å². The van der Waals surface area contributed by atoms with Crippen molar-refractivity contribution in [2.75, 3.05) is 0 Å². The number of carbonyl (C=O) groups is 1. The van der Waals surface area contributed by atoms with Gasteiger partial charge in [0.2, 0.25) is 0 Å². The Hall–Kier alpha value is -1.81. The lowest BCUT2D eigenvalue weighted by atomic mass is 10.0. The van der Waals surface area contributed by atoms with Crippen LogP contribution < -0.4 is 5.32 Å². The summed E-state index contributed by atoms with van der Waals surface area (Å²) >= 11 is 1.62. The third-order valence-electron chi connectivity index (χ3n) is 3.11. The molecular formula is C18H22NO2S. The average molecular weight is 316 g/mol. The molecule has 0 saturated heterocycles. The fraction of sp³-hybridized carbons (Fsp3) is 0.333. The predicted octanol–water partition coefficient (Wildman–Crippen LogP) is 5.18. The highest BCUT2D eigenvalue weighted by atomic mass is 32.1. The molecule has 1 heterocycles. The van der Waals surface area contributed by atoms with Crippen LogP contribution in [0.25, 0.3) is 11.1 Å². The molecule has 0 aliphatic carbocycles. The highest BCUT2D eigenvalue weighted by molar-refractivity contribution is 7.10. The van der Waals surface area contributed by atoms with Crippen LogP contribution in [0.4, 0.5) is 4.79 Å². The summed E-state index contributed by atoms with van der Waals surface area (Å²) in [5.41, 5.74) is 2.76. The Morgan fingerprint density at radius 2 is 2.00 bits per heavy atom. The SMILES string of the molecule is [CH2]c1ccccc1-c1csc([C@@H](C)NC(=O)OC(C)(C)C)c1. The van der Waals surface area contributed by atoms with Gasteiger partial charge in [-0.1, -0.05) is 24.3 Å². The quantitative estimate of drug-likeness (QED) is 0.847. The Morgan fingerprint density at radius 3 is 2.64 bits per heavy atom. The zero-order valence-electron chi connectivity index (χ0n) is 13.5. The second kappa shape index (κ2) is 6.53. The van der Waals surface area contributed by atoms with E-state index in [0.717, 1.165) is 21.6 Å². The first-order chi connectivity index (χ1) is 10.3. The largest absolute Gasteiger partial charge is 0.444 e. The molecule has 0 saturated carbocycles. The fourth-order valence-electron chi connectivity index (χ4n) is 2.08. The molecule has 1 N–H and O–H groups in total. The minimum absolute atomic E-state index is 0.0921. The van der Waals surface area contributed by atoms with Gasteiger partial charge in [0.15, 0.2) is 0 Å². The van der Waals surface area contributed by atoms with Gasteiger partial charge in [-0.05, 0) is 62.8 Å². The highest BCUT2D eigenvalue weighted by Gasteiger charge is 2.19. The van der Waals surface area contributed by atoms with Crippen LogP contribution in [0.5, 0.6) is 0 Å². The van der Waals surface area contributed by atoms with Crippen LogP contribution >= 0.6 is 11.3 Å². The first kappa shape index (κ1) is 16.6. The molecular weight excluding hydrogens is 294 g/mol. The molecule has 0 spiro atoms. The van der Waals surface area contributed by atoms with E-state index in [1.807, 2.05) is 45.9 Å². The number of nitrogens with one attached hydrogen (secondary N) is 1. The van der Waals surface area contributed by atoms with Gasteiger partial charge >= 0.3 is 6.09 Å². The van der Waals surface area contributed by atoms with E-state index in [1.54, 1.807) is 11.3 Å². The Kier molecular flexibility index (Phi) is 4.91. The lowest BCUT2D eigenvalue weighted by molar-refractivity contribution is 0.0509. The second-order valence-electron chi connectivity index (χ2n) is 6.26. The van der Waals surface area contributed by atoms with Crippen molar-refractivity contribution in [3.63, 3.8) is 0 Å². The minimum Gasteiger partial charge on any atom is -0.444 e. The van der Waals surface area contributed by atoms with Crippen molar-refractivity contribution >= 4 is 17.4 Å². The summed E-state index contributed by atoms with van der Waals surface area (Å²) in [4.78, 5) is 12.9. The van der Waals surface area contributed by atoms with Crippen molar-refractivity contribution in [1.82, 2.24) is 5.32 Å². The van der Waals surface area contributed by atoms with E-state index in [4.69, 9.17) is 4.74 Å². The number of carbonyl (C=O) groups excluding carboxylic acids is 1. The van der Waals surface area contributed by atoms with Crippen LogP contribution in [0.1, 0.15) is 44.2 Å². The molecule has 1 atom stereocenters. The van der Waals surface area contributed by atoms with E-state index in [9.17, 15) is 4.79 Å². The Labute approximate surface area is 136 Å². The smallest absolute Gasteiger partial charge is 0.408 e. The lowest BCUT2D eigenvalue weighted by Gasteiger charge is -2.21. The molecule has 2 rings (SSSR count). The second-order valence-corrected chi connectivity index (χ2v) is 7.21. The topological polar surface area (TPSA) is 38.3 Å². The molecule has 117 valence electrons. The number of hydrogen-bond donors (Lipinski definition) is 1. The molecule has 3 nitrogen and oxygen atoms in total. The zero-order chi connectivity index (χ0) is 16.3. The maximum atomic E-state index is 11.8. The number of alkyl carbamates (subject to hydrolysis) is 1. The number of thiophene rings is 1. The maximum absolute atomic E-state index is 11.8. The van der Waals surface area contributed by atoms with Crippen LogP contribution in [0, 0.1) is 6.92 Å². The summed E-state index contributed by atoms with van der Waals surface area (Å²) in [5.74, 6) is 0. The Balaban J connectivity index is 2.08. The van der Waals surface area contributed by atoms with Crippen LogP contribution in [0.15, 0.2) is 35.7 Å². The molecule has 0 aliphatic heterocycles. The van der Waals surface area contributed by atoms with Gasteiger partial charge in [0, 0.05) is 4.88 Å². The highest BCUT2D eigenvalue weighted by Crippen LogP contribution is 2.31. The molecule has 4 heteroatoms. The van der Waals surface area contributed by atoms with Crippen molar-refractivity contribution in [3.05, 3.63) is 53.1 Å². The summed E-state index contributed by atoms with van der Waals surface area (Å²) in [7, 11) is 0. The number of benzene rings is 1. The average Bonchev–Trinajstić information content (AvgIpc) is 2.86. The normalized spacial score (nSPS) is 12.8. The van der Waals surface area contributed by atoms with Gasteiger partial charge in [0.1, 0.15) is 5.60 Å². The molecule has 0 unspecified atom stereocenters. The van der Waals surface area contributed by atoms with E-state index >= 15 is 0 Å². The molecule has 22 heavy (non-hydrogen) atoms. The van der Waals surface area contributed by atoms with E-state index in [2.05, 4.69) is 29.8 Å². The maximum Gasteiger partial charge on any atom is 0.408 e. The molecule has 0 fully saturated rings. The van der Waals surface area contributed by atoms with Gasteiger partial charge in [-0.15, -0.1) is 11.3 Å². The van der Waals surface area contributed by atoms with Crippen LogP contribution in [-0.4, -0.2) is 11.7 Å². The minimum atomic E-state index is -0.489.